The molecular weight excluding hydrogens is 412 g/mol. The molecule has 1 amide bonds. The van der Waals surface area contributed by atoms with Crippen molar-refractivity contribution < 1.29 is 19.4 Å². The van der Waals surface area contributed by atoms with E-state index in [9.17, 15) is 9.90 Å². The molecule has 0 bridgehead atoms. The van der Waals surface area contributed by atoms with Gasteiger partial charge in [-0.1, -0.05) is 13.8 Å². The summed E-state index contributed by atoms with van der Waals surface area (Å²) in [6, 6.07) is 5.74. The summed E-state index contributed by atoms with van der Waals surface area (Å²) in [5.74, 6) is 1.71. The Morgan fingerprint density at radius 3 is 2.72 bits per heavy atom. The molecule has 3 N–H and O–H groups in total. The summed E-state index contributed by atoms with van der Waals surface area (Å²) in [5.41, 5.74) is 2.34. The molecule has 1 aromatic carbocycles. The Morgan fingerprint density at radius 1 is 1.19 bits per heavy atom. The number of rotatable bonds is 12. The van der Waals surface area contributed by atoms with Crippen molar-refractivity contribution in [2.24, 2.45) is 5.92 Å². The second-order valence-electron chi connectivity index (χ2n) is 7.97. The molecule has 0 spiro atoms. The summed E-state index contributed by atoms with van der Waals surface area (Å²) in [5, 5.41) is 24.3. The van der Waals surface area contributed by atoms with Gasteiger partial charge in [0.25, 0.3) is 0 Å². The van der Waals surface area contributed by atoms with Crippen LogP contribution in [0.3, 0.4) is 0 Å². The molecule has 3 rings (SSSR count). The van der Waals surface area contributed by atoms with Crippen molar-refractivity contribution >= 4 is 28.4 Å². The normalized spacial score (nSPS) is 12.4. The fraction of sp³-hybridized carbons (Fsp3) is 0.545. The van der Waals surface area contributed by atoms with Crippen molar-refractivity contribution in [1.82, 2.24) is 24.9 Å². The molecule has 10 heteroatoms. The Labute approximate surface area is 187 Å². The number of unbranched alkanes of at least 4 members (excludes halogenated alkanes) is 1. The third kappa shape index (κ3) is 5.63. The van der Waals surface area contributed by atoms with Gasteiger partial charge in [-0.15, -0.1) is 10.2 Å². The minimum Gasteiger partial charge on any atom is -0.491 e. The molecule has 0 saturated carbocycles. The molecule has 0 saturated heterocycles. The van der Waals surface area contributed by atoms with E-state index in [1.807, 2.05) is 43.4 Å². The number of anilines is 1. The van der Waals surface area contributed by atoms with E-state index in [4.69, 9.17) is 14.5 Å². The first-order chi connectivity index (χ1) is 15.4. The first kappa shape index (κ1) is 23.7. The third-order valence-corrected chi connectivity index (χ3v) is 5.11. The number of nitrogens with one attached hydrogen (secondary N) is 2. The van der Waals surface area contributed by atoms with Crippen molar-refractivity contribution in [2.75, 3.05) is 38.7 Å². The standard InChI is InChI=1S/C22H32N6O4/c1-14(2)19(29)22(30)24-10-6-5-9-23-20-21-27-26-15(3)28(21)18-8-7-16(13-17(18)25-20)32-12-11-31-4/h7-8,13-14,19,29H,5-6,9-12H2,1-4H3,(H,23,25)(H,24,30)/t19-/m0/s1. The number of hydrogen-bond acceptors (Lipinski definition) is 8. The summed E-state index contributed by atoms with van der Waals surface area (Å²) in [6.07, 6.45) is 0.621. The Morgan fingerprint density at radius 2 is 1.97 bits per heavy atom. The SMILES string of the molecule is COCCOc1ccc2c(c1)nc(NCCCCNC(=O)[C@@H](O)C(C)C)c1nnc(C)n12. The molecule has 2 heterocycles. The molecule has 0 aliphatic rings. The van der Waals surface area contributed by atoms with Gasteiger partial charge in [0.2, 0.25) is 11.6 Å². The van der Waals surface area contributed by atoms with Crippen LogP contribution in [0.1, 0.15) is 32.5 Å². The number of ether oxygens (including phenoxy) is 2. The molecule has 1 atom stereocenters. The lowest BCUT2D eigenvalue weighted by atomic mass is 10.1. The molecule has 32 heavy (non-hydrogen) atoms. The van der Waals surface area contributed by atoms with Gasteiger partial charge in [-0.05, 0) is 37.8 Å². The van der Waals surface area contributed by atoms with Gasteiger partial charge in [0, 0.05) is 26.3 Å². The number of hydrogen-bond donors (Lipinski definition) is 3. The minimum atomic E-state index is -0.970. The lowest BCUT2D eigenvalue weighted by Crippen LogP contribution is -2.38. The molecule has 3 aromatic rings. The second kappa shape index (κ2) is 11.1. The third-order valence-electron chi connectivity index (χ3n) is 5.11. The highest BCUT2D eigenvalue weighted by atomic mass is 16.5. The highest BCUT2D eigenvalue weighted by molar-refractivity contribution is 5.84. The molecular formula is C22H32N6O4. The predicted octanol–water partition coefficient (Wildman–Crippen LogP) is 1.94. The van der Waals surface area contributed by atoms with Crippen LogP contribution in [-0.2, 0) is 9.53 Å². The van der Waals surface area contributed by atoms with Gasteiger partial charge in [0.1, 0.15) is 24.3 Å². The van der Waals surface area contributed by atoms with Gasteiger partial charge < -0.3 is 25.2 Å². The quantitative estimate of drug-likeness (QED) is 0.362. The van der Waals surface area contributed by atoms with Crippen LogP contribution in [0.5, 0.6) is 5.75 Å². The number of carbonyl (C=O) groups excluding carboxylic acids is 1. The number of benzene rings is 1. The summed E-state index contributed by atoms with van der Waals surface area (Å²) in [7, 11) is 1.64. The van der Waals surface area contributed by atoms with E-state index in [1.165, 1.54) is 0 Å². The second-order valence-corrected chi connectivity index (χ2v) is 7.97. The Kier molecular flexibility index (Phi) is 8.18. The molecule has 2 aromatic heterocycles. The molecule has 0 fully saturated rings. The van der Waals surface area contributed by atoms with Gasteiger partial charge in [0.05, 0.1) is 17.6 Å². The maximum absolute atomic E-state index is 11.8. The van der Waals surface area contributed by atoms with Crippen molar-refractivity contribution in [3.63, 3.8) is 0 Å². The van der Waals surface area contributed by atoms with E-state index in [2.05, 4.69) is 20.8 Å². The molecule has 0 aliphatic carbocycles. The van der Waals surface area contributed by atoms with Crippen LogP contribution in [0, 0.1) is 12.8 Å². The zero-order valence-corrected chi connectivity index (χ0v) is 19.1. The van der Waals surface area contributed by atoms with Gasteiger partial charge in [-0.25, -0.2) is 4.98 Å². The molecule has 0 radical (unpaired) electrons. The summed E-state index contributed by atoms with van der Waals surface area (Å²) < 4.78 is 12.7. The van der Waals surface area contributed by atoms with Crippen LogP contribution < -0.4 is 15.4 Å². The fourth-order valence-electron chi connectivity index (χ4n) is 3.28. The molecule has 174 valence electrons. The number of fused-ring (bicyclic) bond motifs is 3. The van der Waals surface area contributed by atoms with E-state index in [-0.39, 0.29) is 11.8 Å². The van der Waals surface area contributed by atoms with Gasteiger partial charge >= 0.3 is 0 Å². The highest BCUT2D eigenvalue weighted by Crippen LogP contribution is 2.25. The number of aliphatic hydroxyl groups excluding tert-OH is 1. The van der Waals surface area contributed by atoms with Gasteiger partial charge in [-0.3, -0.25) is 9.20 Å². The van der Waals surface area contributed by atoms with E-state index < -0.39 is 6.10 Å². The first-order valence-corrected chi connectivity index (χ1v) is 10.9. The minimum absolute atomic E-state index is 0.101. The van der Waals surface area contributed by atoms with Crippen LogP contribution in [0.15, 0.2) is 18.2 Å². The lowest BCUT2D eigenvalue weighted by Gasteiger charge is -2.14. The number of nitrogens with zero attached hydrogens (tertiary/aromatic N) is 4. The van der Waals surface area contributed by atoms with E-state index in [1.54, 1.807) is 7.11 Å². The maximum atomic E-state index is 11.8. The maximum Gasteiger partial charge on any atom is 0.249 e. The van der Waals surface area contributed by atoms with Crippen LogP contribution in [0.4, 0.5) is 5.82 Å². The van der Waals surface area contributed by atoms with Gasteiger partial charge in [-0.2, -0.15) is 0 Å². The van der Waals surface area contributed by atoms with Crippen LogP contribution in [0.25, 0.3) is 16.7 Å². The fourth-order valence-corrected chi connectivity index (χ4v) is 3.28. The zero-order chi connectivity index (χ0) is 23.1. The topological polar surface area (TPSA) is 123 Å². The summed E-state index contributed by atoms with van der Waals surface area (Å²) >= 11 is 0. The predicted molar refractivity (Wildman–Crippen MR) is 122 cm³/mol. The summed E-state index contributed by atoms with van der Waals surface area (Å²) in [6.45, 7) is 7.67. The van der Waals surface area contributed by atoms with Crippen molar-refractivity contribution in [2.45, 2.75) is 39.7 Å². The smallest absolute Gasteiger partial charge is 0.249 e. The number of aryl methyl sites for hydroxylation is 1. The monoisotopic (exact) mass is 444 g/mol. The number of amides is 1. The number of aromatic nitrogens is 4. The molecule has 0 unspecified atom stereocenters. The molecule has 10 nitrogen and oxygen atoms in total. The van der Waals surface area contributed by atoms with Crippen molar-refractivity contribution in [1.29, 1.82) is 0 Å². The lowest BCUT2D eigenvalue weighted by molar-refractivity contribution is -0.131. The molecule has 0 aliphatic heterocycles. The Bertz CT molecular complexity index is 1050. The Balaban J connectivity index is 1.64. The van der Waals surface area contributed by atoms with Gasteiger partial charge in [0.15, 0.2) is 5.82 Å². The largest absolute Gasteiger partial charge is 0.491 e. The first-order valence-electron chi connectivity index (χ1n) is 10.9. The average molecular weight is 445 g/mol. The highest BCUT2D eigenvalue weighted by Gasteiger charge is 2.18. The summed E-state index contributed by atoms with van der Waals surface area (Å²) in [4.78, 5) is 16.5. The van der Waals surface area contributed by atoms with E-state index in [0.717, 1.165) is 35.4 Å². The average Bonchev–Trinajstić information content (AvgIpc) is 3.17. The number of carbonyl (C=O) groups is 1. The number of methoxy groups -OCH3 is 1. The van der Waals surface area contributed by atoms with E-state index in [0.29, 0.717) is 37.8 Å². The van der Waals surface area contributed by atoms with E-state index >= 15 is 0 Å². The van der Waals surface area contributed by atoms with Crippen LogP contribution >= 0.6 is 0 Å². The van der Waals surface area contributed by atoms with Crippen LogP contribution in [-0.4, -0.2) is 70.1 Å². The Hall–Kier alpha value is -2.98. The van der Waals surface area contributed by atoms with Crippen LogP contribution in [0.2, 0.25) is 0 Å². The number of aliphatic hydroxyl groups is 1. The van der Waals surface area contributed by atoms with Crippen molar-refractivity contribution in [3.05, 3.63) is 24.0 Å². The van der Waals surface area contributed by atoms with Crippen molar-refractivity contribution in [3.8, 4) is 5.75 Å². The zero-order valence-electron chi connectivity index (χ0n) is 19.1.